The number of hydrogen-bond donors (Lipinski definition) is 1. The molecule has 1 saturated heterocycles. The van der Waals surface area contributed by atoms with Crippen molar-refractivity contribution in [2.45, 2.75) is 43.2 Å². The zero-order valence-corrected chi connectivity index (χ0v) is 13.7. The molecule has 0 bridgehead atoms. The summed E-state index contributed by atoms with van der Waals surface area (Å²) in [4.78, 5) is 3.47. The van der Waals surface area contributed by atoms with Gasteiger partial charge in [0.2, 0.25) is 10.0 Å². The fourth-order valence-corrected chi connectivity index (χ4v) is 5.85. The summed E-state index contributed by atoms with van der Waals surface area (Å²) in [6.07, 6.45) is 5.14. The van der Waals surface area contributed by atoms with Gasteiger partial charge < -0.3 is 5.11 Å². The van der Waals surface area contributed by atoms with Crippen molar-refractivity contribution in [3.8, 4) is 0 Å². The van der Waals surface area contributed by atoms with Gasteiger partial charge in [0.05, 0.1) is 11.5 Å². The maximum Gasteiger partial charge on any atom is 0.243 e. The molecule has 0 aromatic carbocycles. The molecule has 0 spiro atoms. The van der Waals surface area contributed by atoms with Gasteiger partial charge in [-0.25, -0.2) is 8.42 Å². The van der Waals surface area contributed by atoms with Gasteiger partial charge in [0, 0.05) is 42.5 Å². The van der Waals surface area contributed by atoms with Gasteiger partial charge in [-0.1, -0.05) is 12.8 Å². The van der Waals surface area contributed by atoms with E-state index in [1.54, 1.807) is 15.8 Å². The lowest BCUT2D eigenvalue weighted by Crippen LogP contribution is -2.51. The zero-order chi connectivity index (χ0) is 14.9. The largest absolute Gasteiger partial charge is 0.391 e. The molecule has 1 aliphatic heterocycles. The smallest absolute Gasteiger partial charge is 0.243 e. The number of aliphatic hydroxyl groups excluding tert-OH is 1. The quantitative estimate of drug-likeness (QED) is 0.909. The lowest BCUT2D eigenvalue weighted by atomic mass is 10.2. The van der Waals surface area contributed by atoms with Crippen LogP contribution in [0, 0.1) is 0 Å². The maximum atomic E-state index is 12.6. The van der Waals surface area contributed by atoms with Gasteiger partial charge in [-0.05, 0) is 18.9 Å². The number of piperazine rings is 1. The predicted octanol–water partition coefficient (Wildman–Crippen LogP) is 1.49. The first-order valence-corrected chi connectivity index (χ1v) is 9.85. The summed E-state index contributed by atoms with van der Waals surface area (Å²) in [6.45, 7) is 2.71. The highest BCUT2D eigenvalue weighted by Crippen LogP contribution is 2.27. The molecule has 1 saturated carbocycles. The number of aliphatic hydroxyl groups is 1. The Morgan fingerprint density at radius 3 is 2.43 bits per heavy atom. The van der Waals surface area contributed by atoms with E-state index in [1.165, 1.54) is 37.0 Å². The lowest BCUT2D eigenvalue weighted by Gasteiger charge is -2.37. The maximum absolute atomic E-state index is 12.6. The third-order valence-electron chi connectivity index (χ3n) is 4.54. The monoisotopic (exact) mass is 330 g/mol. The van der Waals surface area contributed by atoms with E-state index in [1.807, 2.05) is 0 Å². The summed E-state index contributed by atoms with van der Waals surface area (Å²) in [5.74, 6) is 0. The number of hydrogen-bond acceptors (Lipinski definition) is 5. The van der Waals surface area contributed by atoms with Crippen molar-refractivity contribution >= 4 is 21.4 Å². The molecule has 1 N–H and O–H groups in total. The van der Waals surface area contributed by atoms with Crippen LogP contribution >= 0.6 is 11.3 Å². The molecule has 0 unspecified atom stereocenters. The van der Waals surface area contributed by atoms with Crippen molar-refractivity contribution < 1.29 is 13.5 Å². The van der Waals surface area contributed by atoms with Crippen LogP contribution in [0.4, 0.5) is 0 Å². The van der Waals surface area contributed by atoms with E-state index in [0.717, 1.165) is 13.1 Å². The summed E-state index contributed by atoms with van der Waals surface area (Å²) in [5.41, 5.74) is 0. The average Bonchev–Trinajstić information content (AvgIpc) is 3.19. The van der Waals surface area contributed by atoms with Crippen molar-refractivity contribution in [1.29, 1.82) is 0 Å². The second-order valence-corrected chi connectivity index (χ2v) is 8.72. The van der Waals surface area contributed by atoms with Crippen molar-refractivity contribution in [1.82, 2.24) is 9.21 Å². The molecular weight excluding hydrogens is 308 g/mol. The molecule has 1 aliphatic carbocycles. The zero-order valence-electron chi connectivity index (χ0n) is 12.1. The summed E-state index contributed by atoms with van der Waals surface area (Å²) >= 11 is 1.30. The van der Waals surface area contributed by atoms with Crippen molar-refractivity contribution in [3.63, 3.8) is 0 Å². The van der Waals surface area contributed by atoms with E-state index in [9.17, 15) is 8.42 Å². The van der Waals surface area contributed by atoms with Crippen molar-refractivity contribution in [3.05, 3.63) is 16.3 Å². The second kappa shape index (κ2) is 6.34. The fraction of sp³-hybridized carbons (Fsp3) is 0.714. The third-order valence-corrected chi connectivity index (χ3v) is 7.48. The van der Waals surface area contributed by atoms with E-state index >= 15 is 0 Å². The summed E-state index contributed by atoms with van der Waals surface area (Å²) in [6, 6.07) is 2.25. The Bertz CT molecular complexity index is 571. The van der Waals surface area contributed by atoms with E-state index in [2.05, 4.69) is 4.90 Å². The molecule has 0 radical (unpaired) electrons. The van der Waals surface area contributed by atoms with Crippen LogP contribution in [0.3, 0.4) is 0 Å². The molecule has 1 aromatic rings. The van der Waals surface area contributed by atoms with Gasteiger partial charge in [0.25, 0.3) is 0 Å². The number of thiophene rings is 1. The molecule has 0 atom stereocenters. The van der Waals surface area contributed by atoms with Crippen LogP contribution in [-0.4, -0.2) is 55.0 Å². The Hall–Kier alpha value is -0.470. The minimum atomic E-state index is -3.39. The van der Waals surface area contributed by atoms with Crippen LogP contribution in [0.25, 0.3) is 0 Å². The van der Waals surface area contributed by atoms with Crippen molar-refractivity contribution in [2.24, 2.45) is 0 Å². The summed E-state index contributed by atoms with van der Waals surface area (Å²) < 4.78 is 26.7. The Kier molecular flexibility index (Phi) is 4.66. The van der Waals surface area contributed by atoms with Crippen LogP contribution in [0.2, 0.25) is 0 Å². The standard InChI is InChI=1S/C14H22N2O3S2/c17-10-13-9-14(11-20-13)21(18,19)16-7-5-15(6-8-16)12-3-1-2-4-12/h9,11-12,17H,1-8,10H2. The van der Waals surface area contributed by atoms with E-state index < -0.39 is 10.0 Å². The van der Waals surface area contributed by atoms with Gasteiger partial charge in [-0.3, -0.25) is 4.90 Å². The SMILES string of the molecule is O=S(=O)(c1csc(CO)c1)N1CCN(C2CCCC2)CC1. The van der Waals surface area contributed by atoms with Gasteiger partial charge in [-0.15, -0.1) is 11.3 Å². The lowest BCUT2D eigenvalue weighted by molar-refractivity contribution is 0.139. The van der Waals surface area contributed by atoms with Crippen LogP contribution in [0.1, 0.15) is 30.6 Å². The second-order valence-electron chi connectivity index (χ2n) is 5.79. The Morgan fingerprint density at radius 2 is 1.86 bits per heavy atom. The fourth-order valence-electron chi connectivity index (χ4n) is 3.31. The minimum Gasteiger partial charge on any atom is -0.391 e. The summed E-state index contributed by atoms with van der Waals surface area (Å²) in [7, 11) is -3.39. The predicted molar refractivity (Wildman–Crippen MR) is 82.8 cm³/mol. The molecule has 2 heterocycles. The highest BCUT2D eigenvalue weighted by Gasteiger charge is 2.32. The molecule has 21 heavy (non-hydrogen) atoms. The molecule has 0 amide bonds. The Balaban J connectivity index is 1.65. The van der Waals surface area contributed by atoms with Gasteiger partial charge in [0.1, 0.15) is 0 Å². The van der Waals surface area contributed by atoms with Crippen LogP contribution in [-0.2, 0) is 16.6 Å². The number of nitrogens with zero attached hydrogens (tertiary/aromatic N) is 2. The van der Waals surface area contributed by atoms with Crippen LogP contribution in [0.5, 0.6) is 0 Å². The highest BCUT2D eigenvalue weighted by atomic mass is 32.2. The summed E-state index contributed by atoms with van der Waals surface area (Å²) in [5, 5.41) is 10.7. The van der Waals surface area contributed by atoms with E-state index in [4.69, 9.17) is 5.11 Å². The number of rotatable bonds is 4. The molecular formula is C14H22N2O3S2. The Labute approximate surface area is 130 Å². The normalized spacial score (nSPS) is 22.9. The molecule has 1 aromatic heterocycles. The van der Waals surface area contributed by atoms with Gasteiger partial charge >= 0.3 is 0 Å². The van der Waals surface area contributed by atoms with Crippen LogP contribution in [0.15, 0.2) is 16.3 Å². The average molecular weight is 330 g/mol. The topological polar surface area (TPSA) is 60.9 Å². The molecule has 2 aliphatic rings. The van der Waals surface area contributed by atoms with E-state index in [0.29, 0.717) is 28.9 Å². The van der Waals surface area contributed by atoms with Gasteiger partial charge in [-0.2, -0.15) is 4.31 Å². The first-order valence-electron chi connectivity index (χ1n) is 7.54. The third kappa shape index (κ3) is 3.17. The first-order chi connectivity index (χ1) is 10.1. The molecule has 3 rings (SSSR count). The minimum absolute atomic E-state index is 0.102. The highest BCUT2D eigenvalue weighted by molar-refractivity contribution is 7.89. The molecule has 118 valence electrons. The molecule has 2 fully saturated rings. The van der Waals surface area contributed by atoms with E-state index in [-0.39, 0.29) is 6.61 Å². The van der Waals surface area contributed by atoms with Gasteiger partial charge in [0.15, 0.2) is 0 Å². The van der Waals surface area contributed by atoms with Crippen LogP contribution < -0.4 is 0 Å². The van der Waals surface area contributed by atoms with Crippen molar-refractivity contribution in [2.75, 3.05) is 26.2 Å². The number of sulfonamides is 1. The molecule has 5 nitrogen and oxygen atoms in total. The Morgan fingerprint density at radius 1 is 1.19 bits per heavy atom. The first kappa shape index (κ1) is 15.4. The molecule has 7 heteroatoms.